The number of aromatic nitrogens is 3. The number of fused-ring (bicyclic) bond motifs is 1. The van der Waals surface area contributed by atoms with Crippen molar-refractivity contribution in [1.29, 1.82) is 0 Å². The number of imidazole rings is 1. The maximum Gasteiger partial charge on any atom is 0.323 e. The number of hydrogen-bond acceptors (Lipinski definition) is 3. The molecule has 0 radical (unpaired) electrons. The molecule has 0 spiro atoms. The number of H-pyrrole nitrogens is 1. The van der Waals surface area contributed by atoms with Gasteiger partial charge in [0.25, 0.3) is 0 Å². The first kappa shape index (κ1) is 20.9. The van der Waals surface area contributed by atoms with Gasteiger partial charge in [-0.05, 0) is 42.2 Å². The summed E-state index contributed by atoms with van der Waals surface area (Å²) >= 11 is 0. The average molecular weight is 445 g/mol. The Morgan fingerprint density at radius 1 is 1.12 bits per heavy atom. The van der Waals surface area contributed by atoms with E-state index >= 15 is 0 Å². The monoisotopic (exact) mass is 444 g/mol. The lowest BCUT2D eigenvalue weighted by Crippen LogP contribution is -2.31. The number of amides is 2. The van der Waals surface area contributed by atoms with E-state index in [0.29, 0.717) is 24.5 Å². The minimum absolute atomic E-state index is 0.208. The van der Waals surface area contributed by atoms with Gasteiger partial charge in [-0.3, -0.25) is 10.3 Å². The second-order valence-electron chi connectivity index (χ2n) is 8.11. The summed E-state index contributed by atoms with van der Waals surface area (Å²) in [4.78, 5) is 26.6. The molecule has 1 aliphatic rings. The third-order valence-corrected chi connectivity index (χ3v) is 5.94. The number of para-hydroxylation sites is 1. The quantitative estimate of drug-likeness (QED) is 0.425. The summed E-state index contributed by atoms with van der Waals surface area (Å²) in [5, 5.41) is 4.10. The summed E-state index contributed by atoms with van der Waals surface area (Å²) in [5.74, 6) is 0.233. The van der Waals surface area contributed by atoms with Gasteiger partial charge in [0, 0.05) is 49.1 Å². The molecule has 2 aromatic heterocycles. The van der Waals surface area contributed by atoms with Crippen LogP contribution in [0.1, 0.15) is 23.6 Å². The first-order valence-electron chi connectivity index (χ1n) is 11.1. The van der Waals surface area contributed by atoms with Crippen LogP contribution in [0, 0.1) is 5.82 Å². The minimum Gasteiger partial charge on any atom is -0.361 e. The van der Waals surface area contributed by atoms with Crippen molar-refractivity contribution < 1.29 is 9.18 Å². The summed E-state index contributed by atoms with van der Waals surface area (Å²) in [6.07, 6.45) is 8.87. The number of aromatic amines is 1. The summed E-state index contributed by atoms with van der Waals surface area (Å²) < 4.78 is 16.0. The van der Waals surface area contributed by atoms with E-state index in [2.05, 4.69) is 21.4 Å². The van der Waals surface area contributed by atoms with Crippen LogP contribution in [-0.4, -0.2) is 44.4 Å². The number of amidine groups is 1. The van der Waals surface area contributed by atoms with E-state index in [9.17, 15) is 9.18 Å². The highest BCUT2D eigenvalue weighted by atomic mass is 19.1. The van der Waals surface area contributed by atoms with E-state index < -0.39 is 6.04 Å². The standard InChI is InChI=1S/C25H25FN6O/c26-20-6-3-5-18(15-20)23-24(28-10-9-19-16-29-22-8-2-1-7-21(19)22)30-25(33)32(23)13-4-12-31-14-11-27-17-31/h1-3,5-8,11,14-17,23,29H,4,9-10,12-13H2,(H,28,30,33). The number of nitrogens with one attached hydrogen (secondary N) is 2. The summed E-state index contributed by atoms with van der Waals surface area (Å²) in [6.45, 7) is 1.78. The van der Waals surface area contributed by atoms with Crippen molar-refractivity contribution in [3.8, 4) is 0 Å². The smallest absolute Gasteiger partial charge is 0.323 e. The molecule has 3 heterocycles. The Morgan fingerprint density at radius 2 is 2.03 bits per heavy atom. The van der Waals surface area contributed by atoms with Crippen LogP contribution < -0.4 is 5.32 Å². The number of aryl methyl sites for hydroxylation is 1. The second kappa shape index (κ2) is 9.28. The van der Waals surface area contributed by atoms with Crippen molar-refractivity contribution in [1.82, 2.24) is 24.8 Å². The molecule has 1 saturated heterocycles. The number of carbonyl (C=O) groups excluding carboxylic acids is 1. The van der Waals surface area contributed by atoms with Crippen LogP contribution in [0.15, 0.2) is 78.4 Å². The molecule has 33 heavy (non-hydrogen) atoms. The number of urea groups is 1. The van der Waals surface area contributed by atoms with E-state index in [0.717, 1.165) is 24.9 Å². The molecule has 2 aromatic carbocycles. The van der Waals surface area contributed by atoms with Crippen molar-refractivity contribution in [3.05, 3.63) is 90.4 Å². The van der Waals surface area contributed by atoms with E-state index in [4.69, 9.17) is 4.99 Å². The van der Waals surface area contributed by atoms with Crippen LogP contribution in [0.4, 0.5) is 9.18 Å². The Hall–Kier alpha value is -3.94. The van der Waals surface area contributed by atoms with E-state index in [1.54, 1.807) is 23.5 Å². The molecule has 5 rings (SSSR count). The molecular weight excluding hydrogens is 419 g/mol. The van der Waals surface area contributed by atoms with Crippen molar-refractivity contribution in [2.75, 3.05) is 13.1 Å². The molecule has 1 unspecified atom stereocenters. The normalized spacial score (nSPS) is 17.2. The zero-order valence-electron chi connectivity index (χ0n) is 18.1. The van der Waals surface area contributed by atoms with Gasteiger partial charge in [-0.15, -0.1) is 0 Å². The van der Waals surface area contributed by atoms with Gasteiger partial charge in [0.15, 0.2) is 0 Å². The molecule has 0 bridgehead atoms. The lowest BCUT2D eigenvalue weighted by atomic mass is 10.0. The fraction of sp³-hybridized carbons (Fsp3) is 0.240. The van der Waals surface area contributed by atoms with Crippen LogP contribution in [0.3, 0.4) is 0 Å². The number of carbonyl (C=O) groups is 1. The van der Waals surface area contributed by atoms with Gasteiger partial charge in [0.2, 0.25) is 0 Å². The Labute approximate surface area is 191 Å². The molecule has 0 saturated carbocycles. The van der Waals surface area contributed by atoms with Crippen molar-refractivity contribution in [2.45, 2.75) is 25.4 Å². The van der Waals surface area contributed by atoms with Crippen molar-refractivity contribution >= 4 is 22.8 Å². The van der Waals surface area contributed by atoms with Crippen molar-refractivity contribution in [2.24, 2.45) is 4.99 Å². The van der Waals surface area contributed by atoms with Crippen LogP contribution in [0.5, 0.6) is 0 Å². The molecular formula is C25H25FN6O. The molecule has 7 nitrogen and oxygen atoms in total. The molecule has 2 N–H and O–H groups in total. The lowest BCUT2D eigenvalue weighted by molar-refractivity contribution is 0.204. The Bertz CT molecular complexity index is 1280. The molecule has 1 atom stereocenters. The third-order valence-electron chi connectivity index (χ3n) is 5.94. The second-order valence-corrected chi connectivity index (χ2v) is 8.11. The maximum absolute atomic E-state index is 14.0. The SMILES string of the molecule is O=C1N/C(=N/CCc2c[nH]c3ccccc23)C(c2cccc(F)c2)N1CCCn1ccnc1. The highest BCUT2D eigenvalue weighted by Gasteiger charge is 2.37. The number of hydrogen-bond donors (Lipinski definition) is 2. The van der Waals surface area contributed by atoms with Crippen LogP contribution in [-0.2, 0) is 13.0 Å². The maximum atomic E-state index is 14.0. The number of nitrogens with zero attached hydrogens (tertiary/aromatic N) is 4. The topological polar surface area (TPSA) is 78.3 Å². The number of benzene rings is 2. The van der Waals surface area contributed by atoms with Gasteiger partial charge in [-0.1, -0.05) is 30.3 Å². The van der Waals surface area contributed by atoms with Gasteiger partial charge < -0.3 is 14.5 Å². The number of aliphatic imine (C=N–C) groups is 1. The summed E-state index contributed by atoms with van der Waals surface area (Å²) in [7, 11) is 0. The zero-order chi connectivity index (χ0) is 22.6. The van der Waals surface area contributed by atoms with E-state index in [1.165, 1.54) is 23.1 Å². The van der Waals surface area contributed by atoms with Gasteiger partial charge in [0.1, 0.15) is 17.7 Å². The fourth-order valence-electron chi connectivity index (χ4n) is 4.36. The first-order valence-corrected chi connectivity index (χ1v) is 11.1. The number of rotatable bonds is 8. The minimum atomic E-state index is -0.432. The Morgan fingerprint density at radius 3 is 2.88 bits per heavy atom. The molecule has 8 heteroatoms. The highest BCUT2D eigenvalue weighted by Crippen LogP contribution is 2.28. The molecule has 1 fully saturated rings. The predicted octanol–water partition coefficient (Wildman–Crippen LogP) is 4.30. The van der Waals surface area contributed by atoms with E-state index in [-0.39, 0.29) is 11.8 Å². The van der Waals surface area contributed by atoms with Crippen molar-refractivity contribution in [3.63, 3.8) is 0 Å². The van der Waals surface area contributed by atoms with E-state index in [1.807, 2.05) is 41.2 Å². The molecule has 2 amide bonds. The van der Waals surface area contributed by atoms with Gasteiger partial charge in [0.05, 0.1) is 6.33 Å². The lowest BCUT2D eigenvalue weighted by Gasteiger charge is -2.23. The zero-order valence-corrected chi connectivity index (χ0v) is 18.1. The highest BCUT2D eigenvalue weighted by molar-refractivity contribution is 6.07. The molecule has 168 valence electrons. The average Bonchev–Trinajstić information content (AvgIpc) is 3.54. The Kier molecular flexibility index (Phi) is 5.89. The van der Waals surface area contributed by atoms with Crippen LogP contribution >= 0.6 is 0 Å². The largest absolute Gasteiger partial charge is 0.361 e. The molecule has 0 aliphatic carbocycles. The predicted molar refractivity (Wildman–Crippen MR) is 126 cm³/mol. The first-order chi connectivity index (χ1) is 16.2. The van der Waals surface area contributed by atoms with Gasteiger partial charge in [-0.25, -0.2) is 14.2 Å². The summed E-state index contributed by atoms with van der Waals surface area (Å²) in [5.41, 5.74) is 2.98. The van der Waals surface area contributed by atoms with Crippen LogP contribution in [0.25, 0.3) is 10.9 Å². The third kappa shape index (κ3) is 4.50. The fourth-order valence-corrected chi connectivity index (χ4v) is 4.36. The Balaban J connectivity index is 1.34. The van der Waals surface area contributed by atoms with Crippen LogP contribution in [0.2, 0.25) is 0 Å². The van der Waals surface area contributed by atoms with Gasteiger partial charge >= 0.3 is 6.03 Å². The number of halogens is 1. The van der Waals surface area contributed by atoms with Gasteiger partial charge in [-0.2, -0.15) is 0 Å². The molecule has 1 aliphatic heterocycles. The molecule has 4 aromatic rings. The summed E-state index contributed by atoms with van der Waals surface area (Å²) in [6, 6.07) is 13.9.